The number of hydrogen-bond acceptors (Lipinski definition) is 4. The Balaban J connectivity index is 2.13. The molecule has 0 bridgehead atoms. The number of amides is 1. The highest BCUT2D eigenvalue weighted by Crippen LogP contribution is 2.32. The van der Waals surface area contributed by atoms with Gasteiger partial charge in [0.05, 0.1) is 5.37 Å². The molecular formula is C13H15NO4S. The van der Waals surface area contributed by atoms with Gasteiger partial charge in [0.15, 0.2) is 0 Å². The van der Waals surface area contributed by atoms with Gasteiger partial charge in [-0.15, -0.1) is 11.8 Å². The number of para-hydroxylation sites is 1. The van der Waals surface area contributed by atoms with E-state index in [0.29, 0.717) is 17.9 Å². The smallest absolute Gasteiger partial charge is 0.416 e. The molecule has 19 heavy (non-hydrogen) atoms. The van der Waals surface area contributed by atoms with Crippen LogP contribution in [0.4, 0.5) is 4.79 Å². The second-order valence-electron chi connectivity index (χ2n) is 4.14. The Labute approximate surface area is 115 Å². The largest absolute Gasteiger partial charge is 0.480 e. The van der Waals surface area contributed by atoms with Crippen molar-refractivity contribution in [2.24, 2.45) is 0 Å². The second-order valence-corrected chi connectivity index (χ2v) is 5.35. The molecule has 1 heterocycles. The van der Waals surface area contributed by atoms with E-state index in [1.807, 2.05) is 13.0 Å². The summed E-state index contributed by atoms with van der Waals surface area (Å²) in [6.07, 6.45) is 0.0914. The average molecular weight is 281 g/mol. The molecule has 1 aromatic carbocycles. The van der Waals surface area contributed by atoms with Crippen LogP contribution < -0.4 is 4.74 Å². The maximum atomic E-state index is 12.1. The third-order valence-electron chi connectivity index (χ3n) is 2.89. The summed E-state index contributed by atoms with van der Waals surface area (Å²) in [7, 11) is 0. The molecule has 0 spiro atoms. The monoisotopic (exact) mass is 281 g/mol. The normalized spacial score (nSPS) is 22.3. The molecule has 0 aromatic heterocycles. The van der Waals surface area contributed by atoms with Crippen molar-refractivity contribution in [1.29, 1.82) is 0 Å². The van der Waals surface area contributed by atoms with Crippen LogP contribution in [-0.2, 0) is 4.79 Å². The number of nitrogens with zero attached hydrogens (tertiary/aromatic N) is 1. The third-order valence-corrected chi connectivity index (χ3v) is 4.34. The minimum atomic E-state index is -0.992. The SMILES string of the molecule is CCC1SCC(C(=O)O)N1C(=O)Oc1ccccc1. The molecular weight excluding hydrogens is 266 g/mol. The number of carbonyl (C=O) groups excluding carboxylic acids is 1. The van der Waals surface area contributed by atoms with E-state index >= 15 is 0 Å². The Morgan fingerprint density at radius 3 is 2.68 bits per heavy atom. The lowest BCUT2D eigenvalue weighted by atomic mass is 10.3. The summed E-state index contributed by atoms with van der Waals surface area (Å²) in [5, 5.41) is 9.01. The third kappa shape index (κ3) is 3.01. The number of carboxylic acid groups (broad SMARTS) is 1. The summed E-state index contributed by atoms with van der Waals surface area (Å²) in [6.45, 7) is 1.92. The minimum absolute atomic E-state index is 0.141. The molecule has 2 atom stereocenters. The zero-order chi connectivity index (χ0) is 13.8. The van der Waals surface area contributed by atoms with Gasteiger partial charge in [-0.1, -0.05) is 25.1 Å². The zero-order valence-corrected chi connectivity index (χ0v) is 11.3. The van der Waals surface area contributed by atoms with Gasteiger partial charge >= 0.3 is 12.1 Å². The summed E-state index contributed by atoms with van der Waals surface area (Å²) in [4.78, 5) is 24.6. The topological polar surface area (TPSA) is 66.8 Å². The van der Waals surface area contributed by atoms with E-state index in [1.165, 1.54) is 16.7 Å². The van der Waals surface area contributed by atoms with Gasteiger partial charge in [0, 0.05) is 5.75 Å². The van der Waals surface area contributed by atoms with Crippen LogP contribution in [0, 0.1) is 0 Å². The standard InChI is InChI=1S/C13H15NO4S/c1-2-11-14(10(8-19-11)12(15)16)13(17)18-9-6-4-3-5-7-9/h3-7,10-11H,2,8H2,1H3,(H,15,16). The summed E-state index contributed by atoms with van der Waals surface area (Å²) in [5.41, 5.74) is 0. The van der Waals surface area contributed by atoms with Crippen molar-refractivity contribution in [2.75, 3.05) is 5.75 Å². The van der Waals surface area contributed by atoms with Gasteiger partial charge in [-0.05, 0) is 18.6 Å². The van der Waals surface area contributed by atoms with Crippen LogP contribution in [-0.4, -0.2) is 39.2 Å². The highest BCUT2D eigenvalue weighted by Gasteiger charge is 2.41. The van der Waals surface area contributed by atoms with Crippen LogP contribution in [0.25, 0.3) is 0 Å². The lowest BCUT2D eigenvalue weighted by molar-refractivity contribution is -0.141. The highest BCUT2D eigenvalue weighted by molar-refractivity contribution is 8.00. The van der Waals surface area contributed by atoms with Gasteiger partial charge in [0.25, 0.3) is 0 Å². The van der Waals surface area contributed by atoms with Crippen LogP contribution in [0.15, 0.2) is 30.3 Å². The molecule has 102 valence electrons. The molecule has 6 heteroatoms. The Morgan fingerprint density at radius 2 is 2.11 bits per heavy atom. The summed E-state index contributed by atoms with van der Waals surface area (Å²) >= 11 is 1.47. The van der Waals surface area contributed by atoms with Gasteiger partial charge in [0.2, 0.25) is 0 Å². The number of thioether (sulfide) groups is 1. The Bertz CT molecular complexity index is 465. The maximum Gasteiger partial charge on any atom is 0.416 e. The molecule has 1 N–H and O–H groups in total. The zero-order valence-electron chi connectivity index (χ0n) is 10.5. The number of carboxylic acids is 1. The van der Waals surface area contributed by atoms with Crippen molar-refractivity contribution in [3.05, 3.63) is 30.3 Å². The first-order valence-corrected chi connectivity index (χ1v) is 7.08. The first-order valence-electron chi connectivity index (χ1n) is 6.03. The Morgan fingerprint density at radius 1 is 1.42 bits per heavy atom. The van der Waals surface area contributed by atoms with Gasteiger partial charge in [-0.3, -0.25) is 4.90 Å². The predicted molar refractivity (Wildman–Crippen MR) is 72.3 cm³/mol. The highest BCUT2D eigenvalue weighted by atomic mass is 32.2. The first-order chi connectivity index (χ1) is 9.13. The van der Waals surface area contributed by atoms with Gasteiger partial charge in [-0.25, -0.2) is 9.59 Å². The van der Waals surface area contributed by atoms with E-state index in [-0.39, 0.29) is 5.37 Å². The van der Waals surface area contributed by atoms with Crippen LogP contribution in [0.5, 0.6) is 5.75 Å². The summed E-state index contributed by atoms with van der Waals surface area (Å²) < 4.78 is 5.22. The van der Waals surface area contributed by atoms with E-state index < -0.39 is 18.1 Å². The van der Waals surface area contributed by atoms with Crippen molar-refractivity contribution < 1.29 is 19.4 Å². The van der Waals surface area contributed by atoms with Crippen molar-refractivity contribution >= 4 is 23.8 Å². The molecule has 1 fully saturated rings. The van der Waals surface area contributed by atoms with Crippen molar-refractivity contribution in [3.8, 4) is 5.75 Å². The van der Waals surface area contributed by atoms with E-state index in [9.17, 15) is 9.59 Å². The molecule has 1 saturated heterocycles. The molecule has 1 aromatic rings. The second kappa shape index (κ2) is 5.97. The lowest BCUT2D eigenvalue weighted by Crippen LogP contribution is -2.46. The van der Waals surface area contributed by atoms with Crippen molar-refractivity contribution in [1.82, 2.24) is 4.90 Å². The lowest BCUT2D eigenvalue weighted by Gasteiger charge is -2.25. The maximum absolute atomic E-state index is 12.1. The molecule has 2 unspecified atom stereocenters. The van der Waals surface area contributed by atoms with Crippen LogP contribution >= 0.6 is 11.8 Å². The first kappa shape index (κ1) is 13.7. The quantitative estimate of drug-likeness (QED) is 0.921. The number of rotatable bonds is 3. The van der Waals surface area contributed by atoms with Crippen LogP contribution in [0.3, 0.4) is 0 Å². The van der Waals surface area contributed by atoms with Crippen LogP contribution in [0.1, 0.15) is 13.3 Å². The van der Waals surface area contributed by atoms with E-state index in [1.54, 1.807) is 24.3 Å². The number of ether oxygens (including phenoxy) is 1. The van der Waals surface area contributed by atoms with Crippen molar-refractivity contribution in [2.45, 2.75) is 24.8 Å². The fourth-order valence-electron chi connectivity index (χ4n) is 1.96. The number of carbonyl (C=O) groups is 2. The van der Waals surface area contributed by atoms with Gasteiger partial charge in [0.1, 0.15) is 11.8 Å². The van der Waals surface area contributed by atoms with Crippen molar-refractivity contribution in [3.63, 3.8) is 0 Å². The van der Waals surface area contributed by atoms with E-state index in [2.05, 4.69) is 0 Å². The number of hydrogen-bond donors (Lipinski definition) is 1. The van der Waals surface area contributed by atoms with E-state index in [0.717, 1.165) is 0 Å². The Hall–Kier alpha value is -1.69. The average Bonchev–Trinajstić information content (AvgIpc) is 2.83. The van der Waals surface area contributed by atoms with Gasteiger partial charge in [-0.2, -0.15) is 0 Å². The summed E-state index contributed by atoms with van der Waals surface area (Å²) in [5.74, 6) is -0.172. The molecule has 0 aliphatic carbocycles. The molecule has 1 aliphatic heterocycles. The number of benzene rings is 1. The minimum Gasteiger partial charge on any atom is -0.480 e. The molecule has 1 aliphatic rings. The molecule has 0 saturated carbocycles. The molecule has 2 rings (SSSR count). The molecule has 0 radical (unpaired) electrons. The fraction of sp³-hybridized carbons (Fsp3) is 0.385. The van der Waals surface area contributed by atoms with E-state index in [4.69, 9.17) is 9.84 Å². The number of aliphatic carboxylic acids is 1. The summed E-state index contributed by atoms with van der Waals surface area (Å²) in [6, 6.07) is 7.85. The predicted octanol–water partition coefficient (Wildman–Crippen LogP) is 2.42. The molecule has 1 amide bonds. The fourth-order valence-corrected chi connectivity index (χ4v) is 3.29. The van der Waals surface area contributed by atoms with Gasteiger partial charge < -0.3 is 9.84 Å². The molecule has 5 nitrogen and oxygen atoms in total. The Kier molecular flexibility index (Phi) is 4.31. The van der Waals surface area contributed by atoms with Crippen LogP contribution in [0.2, 0.25) is 0 Å².